The van der Waals surface area contributed by atoms with Crippen LogP contribution in [0, 0.1) is 21.4 Å². The SMILES string of the molecule is O=C(O)[C@@]12CCC[C@H]1CN(c1ncc(Br)cc1[N+](=O)[O-])C2. The van der Waals surface area contributed by atoms with Crippen LogP contribution < -0.4 is 4.90 Å². The minimum atomic E-state index is -0.799. The van der Waals surface area contributed by atoms with E-state index in [1.54, 1.807) is 4.90 Å². The van der Waals surface area contributed by atoms with Crippen LogP contribution in [0.3, 0.4) is 0 Å². The number of anilines is 1. The van der Waals surface area contributed by atoms with Crippen molar-refractivity contribution in [2.75, 3.05) is 18.0 Å². The van der Waals surface area contributed by atoms with Gasteiger partial charge in [-0.05, 0) is 34.7 Å². The third kappa shape index (κ3) is 2.17. The average molecular weight is 356 g/mol. The highest BCUT2D eigenvalue weighted by atomic mass is 79.9. The zero-order chi connectivity index (χ0) is 15.2. The van der Waals surface area contributed by atoms with Gasteiger partial charge < -0.3 is 10.0 Å². The number of halogens is 1. The van der Waals surface area contributed by atoms with Crippen molar-refractivity contribution in [1.29, 1.82) is 0 Å². The molecule has 2 fully saturated rings. The topological polar surface area (TPSA) is 96.6 Å². The van der Waals surface area contributed by atoms with Gasteiger partial charge in [0.05, 0.1) is 10.3 Å². The Bertz CT molecular complexity index is 623. The lowest BCUT2D eigenvalue weighted by atomic mass is 9.81. The minimum absolute atomic E-state index is 0.0417. The standard InChI is InChI=1S/C13H14BrN3O4/c14-9-4-10(17(20)21)11(15-5-9)16-6-8-2-1-3-13(8,7-16)12(18)19/h4-5,8H,1-3,6-7H2,(H,18,19)/t8-,13+/m0/s1. The summed E-state index contributed by atoms with van der Waals surface area (Å²) >= 11 is 3.18. The molecule has 1 aromatic rings. The monoisotopic (exact) mass is 355 g/mol. The molecule has 2 atom stereocenters. The summed E-state index contributed by atoms with van der Waals surface area (Å²) in [6, 6.07) is 1.41. The summed E-state index contributed by atoms with van der Waals surface area (Å²) in [5.41, 5.74) is -0.868. The Morgan fingerprint density at radius 1 is 1.62 bits per heavy atom. The average Bonchev–Trinajstić information content (AvgIpc) is 2.95. The molecule has 0 amide bonds. The quantitative estimate of drug-likeness (QED) is 0.660. The molecule has 2 aliphatic rings. The van der Waals surface area contributed by atoms with E-state index in [-0.39, 0.29) is 17.4 Å². The van der Waals surface area contributed by atoms with E-state index in [0.29, 0.717) is 24.0 Å². The van der Waals surface area contributed by atoms with Crippen LogP contribution in [-0.4, -0.2) is 34.1 Å². The first kappa shape index (κ1) is 14.2. The van der Waals surface area contributed by atoms with E-state index in [9.17, 15) is 20.0 Å². The maximum absolute atomic E-state index is 11.7. The summed E-state index contributed by atoms with van der Waals surface area (Å²) in [6.07, 6.45) is 3.89. The first-order valence-electron chi connectivity index (χ1n) is 6.72. The van der Waals surface area contributed by atoms with Gasteiger partial charge in [-0.25, -0.2) is 4.98 Å². The number of aromatic nitrogens is 1. The van der Waals surface area contributed by atoms with Crippen LogP contribution in [0.25, 0.3) is 0 Å². The molecule has 0 aromatic carbocycles. The fraction of sp³-hybridized carbons (Fsp3) is 0.538. The van der Waals surface area contributed by atoms with Gasteiger partial charge in [0.25, 0.3) is 0 Å². The van der Waals surface area contributed by atoms with E-state index < -0.39 is 16.3 Å². The van der Waals surface area contributed by atoms with Gasteiger partial charge in [-0.15, -0.1) is 0 Å². The predicted octanol–water partition coefficient (Wildman–Crippen LogP) is 2.44. The van der Waals surface area contributed by atoms with Crippen LogP contribution >= 0.6 is 15.9 Å². The molecule has 1 aliphatic heterocycles. The normalized spacial score (nSPS) is 27.7. The van der Waals surface area contributed by atoms with Crippen molar-refractivity contribution in [3.8, 4) is 0 Å². The highest BCUT2D eigenvalue weighted by molar-refractivity contribution is 9.10. The number of nitro groups is 1. The Morgan fingerprint density at radius 2 is 2.38 bits per heavy atom. The number of pyridine rings is 1. The lowest BCUT2D eigenvalue weighted by Crippen LogP contribution is -2.35. The van der Waals surface area contributed by atoms with Crippen LogP contribution in [0.1, 0.15) is 19.3 Å². The molecule has 1 aliphatic carbocycles. The van der Waals surface area contributed by atoms with Crippen LogP contribution in [-0.2, 0) is 4.79 Å². The Labute approximate surface area is 129 Å². The largest absolute Gasteiger partial charge is 0.481 e. The van der Waals surface area contributed by atoms with Crippen LogP contribution in [0.2, 0.25) is 0 Å². The van der Waals surface area contributed by atoms with Crippen molar-refractivity contribution < 1.29 is 14.8 Å². The summed E-state index contributed by atoms with van der Waals surface area (Å²) in [7, 11) is 0. The zero-order valence-corrected chi connectivity index (χ0v) is 12.7. The molecule has 21 heavy (non-hydrogen) atoms. The predicted molar refractivity (Wildman–Crippen MR) is 78.2 cm³/mol. The number of hydrogen-bond donors (Lipinski definition) is 1. The van der Waals surface area contributed by atoms with Gasteiger partial charge in [-0.1, -0.05) is 6.42 Å². The Hall–Kier alpha value is -1.70. The minimum Gasteiger partial charge on any atom is -0.481 e. The second kappa shape index (κ2) is 4.94. The van der Waals surface area contributed by atoms with E-state index in [4.69, 9.17) is 0 Å². The number of fused-ring (bicyclic) bond motifs is 1. The summed E-state index contributed by atoms with van der Waals surface area (Å²) < 4.78 is 0.533. The Kier molecular flexibility index (Phi) is 3.35. The van der Waals surface area contributed by atoms with Crippen LogP contribution in [0.5, 0.6) is 0 Å². The molecule has 2 heterocycles. The molecule has 0 unspecified atom stereocenters. The first-order chi connectivity index (χ1) is 9.94. The van der Waals surface area contributed by atoms with Gasteiger partial charge in [0, 0.05) is 29.8 Å². The molecule has 1 N–H and O–H groups in total. The fourth-order valence-electron chi connectivity index (χ4n) is 3.60. The number of carboxylic acids is 1. The summed E-state index contributed by atoms with van der Waals surface area (Å²) in [6.45, 7) is 0.810. The molecule has 7 nitrogen and oxygen atoms in total. The molecule has 0 radical (unpaired) electrons. The lowest BCUT2D eigenvalue weighted by molar-refractivity contribution is -0.384. The van der Waals surface area contributed by atoms with Gasteiger partial charge in [0.1, 0.15) is 0 Å². The zero-order valence-electron chi connectivity index (χ0n) is 11.2. The third-order valence-electron chi connectivity index (χ3n) is 4.61. The summed E-state index contributed by atoms with van der Waals surface area (Å²) in [4.78, 5) is 28.3. The molecule has 0 bridgehead atoms. The maximum atomic E-state index is 11.7. The number of aliphatic carboxylic acids is 1. The van der Waals surface area contributed by atoms with Crippen molar-refractivity contribution in [3.63, 3.8) is 0 Å². The molecule has 3 rings (SSSR count). The number of rotatable bonds is 3. The van der Waals surface area contributed by atoms with E-state index in [1.165, 1.54) is 12.3 Å². The Balaban J connectivity index is 1.97. The maximum Gasteiger partial charge on any atom is 0.312 e. The molecule has 0 spiro atoms. The second-order valence-corrected chi connectivity index (χ2v) is 6.60. The van der Waals surface area contributed by atoms with Gasteiger partial charge in [-0.2, -0.15) is 0 Å². The number of nitrogens with zero attached hydrogens (tertiary/aromatic N) is 3. The molecule has 1 aromatic heterocycles. The second-order valence-electron chi connectivity index (χ2n) is 5.68. The molecular weight excluding hydrogens is 342 g/mol. The molecule has 8 heteroatoms. The Morgan fingerprint density at radius 3 is 3.00 bits per heavy atom. The van der Waals surface area contributed by atoms with Gasteiger partial charge in [0.15, 0.2) is 0 Å². The molecule has 1 saturated heterocycles. The van der Waals surface area contributed by atoms with E-state index >= 15 is 0 Å². The van der Waals surface area contributed by atoms with Gasteiger partial charge >= 0.3 is 11.7 Å². The van der Waals surface area contributed by atoms with Crippen LogP contribution in [0.4, 0.5) is 11.5 Å². The van der Waals surface area contributed by atoms with Crippen molar-refractivity contribution in [1.82, 2.24) is 4.98 Å². The lowest BCUT2D eigenvalue weighted by Gasteiger charge is -2.23. The van der Waals surface area contributed by atoms with Crippen molar-refractivity contribution in [2.24, 2.45) is 11.3 Å². The summed E-state index contributed by atoms with van der Waals surface area (Å²) in [5.74, 6) is -0.495. The third-order valence-corrected chi connectivity index (χ3v) is 5.04. The molecule has 1 saturated carbocycles. The molecule has 112 valence electrons. The van der Waals surface area contributed by atoms with E-state index in [2.05, 4.69) is 20.9 Å². The van der Waals surface area contributed by atoms with Gasteiger partial charge in [-0.3, -0.25) is 14.9 Å². The summed E-state index contributed by atoms with van der Waals surface area (Å²) in [5, 5.41) is 20.8. The van der Waals surface area contributed by atoms with E-state index in [1.807, 2.05) is 0 Å². The number of hydrogen-bond acceptors (Lipinski definition) is 5. The number of carboxylic acid groups (broad SMARTS) is 1. The number of carbonyl (C=O) groups is 1. The van der Waals surface area contributed by atoms with Gasteiger partial charge in [0.2, 0.25) is 5.82 Å². The van der Waals surface area contributed by atoms with E-state index in [0.717, 1.165) is 12.8 Å². The molecular formula is C13H14BrN3O4. The van der Waals surface area contributed by atoms with Crippen molar-refractivity contribution in [2.45, 2.75) is 19.3 Å². The highest BCUT2D eigenvalue weighted by Gasteiger charge is 2.55. The van der Waals surface area contributed by atoms with Crippen molar-refractivity contribution >= 4 is 33.4 Å². The fourth-order valence-corrected chi connectivity index (χ4v) is 3.92. The van der Waals surface area contributed by atoms with Crippen LogP contribution in [0.15, 0.2) is 16.7 Å². The first-order valence-corrected chi connectivity index (χ1v) is 7.51. The highest BCUT2D eigenvalue weighted by Crippen LogP contribution is 2.50. The van der Waals surface area contributed by atoms with Crippen molar-refractivity contribution in [3.05, 3.63) is 26.9 Å². The smallest absolute Gasteiger partial charge is 0.312 e.